The number of rotatable bonds is 4. The van der Waals surface area contributed by atoms with Gasteiger partial charge in [0.25, 0.3) is 5.91 Å². The third-order valence-electron chi connectivity index (χ3n) is 3.87. The molecule has 122 valence electrons. The summed E-state index contributed by atoms with van der Waals surface area (Å²) in [5.74, 6) is -0.397. The molecule has 0 aliphatic carbocycles. The predicted molar refractivity (Wildman–Crippen MR) is 88.8 cm³/mol. The van der Waals surface area contributed by atoms with E-state index in [0.29, 0.717) is 12.1 Å². The number of nitrogens with zero attached hydrogens (tertiary/aromatic N) is 3. The standard InChI is InChI=1S/C18H17FN4O/c1-12-7-8-20-10-16(12)18(24)23(2)11-14-9-21-22-17(14)13-3-5-15(19)6-4-13/h3-10H,11H2,1-2H3,(H,21,22). The molecule has 3 aromatic rings. The molecule has 2 heterocycles. The Balaban J connectivity index is 1.82. The van der Waals surface area contributed by atoms with Gasteiger partial charge in [-0.2, -0.15) is 5.10 Å². The van der Waals surface area contributed by atoms with Gasteiger partial charge in [-0.3, -0.25) is 14.9 Å². The highest BCUT2D eigenvalue weighted by molar-refractivity contribution is 5.95. The minimum atomic E-state index is -0.292. The van der Waals surface area contributed by atoms with E-state index in [-0.39, 0.29) is 11.7 Å². The molecule has 0 spiro atoms. The van der Waals surface area contributed by atoms with Gasteiger partial charge in [0.2, 0.25) is 0 Å². The average molecular weight is 324 g/mol. The number of carbonyl (C=O) groups is 1. The maximum atomic E-state index is 13.1. The van der Waals surface area contributed by atoms with Crippen LogP contribution >= 0.6 is 0 Å². The number of aryl methyl sites for hydroxylation is 1. The molecule has 1 amide bonds. The van der Waals surface area contributed by atoms with Crippen LogP contribution in [0.15, 0.2) is 48.9 Å². The Bertz CT molecular complexity index is 857. The summed E-state index contributed by atoms with van der Waals surface area (Å²) in [6.45, 7) is 2.26. The van der Waals surface area contributed by atoms with Crippen LogP contribution in [-0.4, -0.2) is 33.0 Å². The van der Waals surface area contributed by atoms with Crippen molar-refractivity contribution < 1.29 is 9.18 Å². The monoisotopic (exact) mass is 324 g/mol. The topological polar surface area (TPSA) is 61.9 Å². The zero-order chi connectivity index (χ0) is 17.1. The number of carbonyl (C=O) groups excluding carboxylic acids is 1. The number of benzene rings is 1. The molecule has 1 N–H and O–H groups in total. The van der Waals surface area contributed by atoms with Gasteiger partial charge in [0.15, 0.2) is 0 Å². The van der Waals surface area contributed by atoms with E-state index in [9.17, 15) is 9.18 Å². The lowest BCUT2D eigenvalue weighted by Gasteiger charge is -2.18. The molecule has 0 radical (unpaired) electrons. The zero-order valence-electron chi connectivity index (χ0n) is 13.5. The molecule has 0 unspecified atom stereocenters. The molecule has 0 saturated carbocycles. The fraction of sp³-hybridized carbons (Fsp3) is 0.167. The van der Waals surface area contributed by atoms with Crippen molar-refractivity contribution in [3.8, 4) is 11.3 Å². The Labute approximate surface area is 139 Å². The van der Waals surface area contributed by atoms with E-state index in [1.54, 1.807) is 42.7 Å². The van der Waals surface area contributed by atoms with Crippen LogP contribution in [0.1, 0.15) is 21.5 Å². The summed E-state index contributed by atoms with van der Waals surface area (Å²) in [6, 6.07) is 7.96. The first-order valence-corrected chi connectivity index (χ1v) is 7.50. The highest BCUT2D eigenvalue weighted by atomic mass is 19.1. The molecule has 2 aromatic heterocycles. The van der Waals surface area contributed by atoms with E-state index in [0.717, 1.165) is 22.4 Å². The Morgan fingerprint density at radius 2 is 1.96 bits per heavy atom. The average Bonchev–Trinajstić information content (AvgIpc) is 3.03. The van der Waals surface area contributed by atoms with Crippen molar-refractivity contribution in [2.45, 2.75) is 13.5 Å². The highest BCUT2D eigenvalue weighted by Gasteiger charge is 2.17. The number of hydrogen-bond donors (Lipinski definition) is 1. The fourth-order valence-corrected chi connectivity index (χ4v) is 2.52. The van der Waals surface area contributed by atoms with Crippen molar-refractivity contribution in [3.05, 3.63) is 71.4 Å². The second-order valence-corrected chi connectivity index (χ2v) is 5.63. The number of aromatic nitrogens is 3. The summed E-state index contributed by atoms with van der Waals surface area (Å²) in [5, 5.41) is 6.97. The first kappa shape index (κ1) is 15.9. The number of H-pyrrole nitrogens is 1. The molecule has 1 aromatic carbocycles. The van der Waals surface area contributed by atoms with E-state index < -0.39 is 0 Å². The van der Waals surface area contributed by atoms with Gasteiger partial charge < -0.3 is 4.90 Å². The number of halogens is 1. The van der Waals surface area contributed by atoms with Crippen molar-refractivity contribution in [2.75, 3.05) is 7.05 Å². The molecule has 5 nitrogen and oxygen atoms in total. The lowest BCUT2D eigenvalue weighted by molar-refractivity contribution is 0.0784. The molecule has 0 fully saturated rings. The van der Waals surface area contributed by atoms with Crippen molar-refractivity contribution in [2.24, 2.45) is 0 Å². The lowest BCUT2D eigenvalue weighted by Crippen LogP contribution is -2.27. The third-order valence-corrected chi connectivity index (χ3v) is 3.87. The summed E-state index contributed by atoms with van der Waals surface area (Å²) in [5.41, 5.74) is 3.92. The first-order chi connectivity index (χ1) is 11.6. The molecule has 0 saturated heterocycles. The van der Waals surface area contributed by atoms with E-state index in [4.69, 9.17) is 0 Å². The summed E-state index contributed by atoms with van der Waals surface area (Å²) in [4.78, 5) is 18.2. The van der Waals surface area contributed by atoms with Gasteiger partial charge >= 0.3 is 0 Å². The van der Waals surface area contributed by atoms with E-state index >= 15 is 0 Å². The molecule has 3 rings (SSSR count). The summed E-state index contributed by atoms with van der Waals surface area (Å²) >= 11 is 0. The van der Waals surface area contributed by atoms with Gasteiger partial charge in [0.1, 0.15) is 5.82 Å². The van der Waals surface area contributed by atoms with E-state index in [2.05, 4.69) is 15.2 Å². The van der Waals surface area contributed by atoms with Gasteiger partial charge in [-0.25, -0.2) is 4.39 Å². The number of aromatic amines is 1. The number of pyridine rings is 1. The van der Waals surface area contributed by atoms with Crippen LogP contribution in [0.4, 0.5) is 4.39 Å². The van der Waals surface area contributed by atoms with Gasteiger partial charge in [-0.15, -0.1) is 0 Å². The smallest absolute Gasteiger partial charge is 0.255 e. The number of hydrogen-bond acceptors (Lipinski definition) is 3. The van der Waals surface area contributed by atoms with E-state index in [1.165, 1.54) is 12.1 Å². The van der Waals surface area contributed by atoms with Crippen LogP contribution in [0.25, 0.3) is 11.3 Å². The molecule has 0 atom stereocenters. The molecular formula is C18H17FN4O. The normalized spacial score (nSPS) is 10.6. The second kappa shape index (κ2) is 6.62. The van der Waals surface area contributed by atoms with Crippen LogP contribution in [0, 0.1) is 12.7 Å². The Morgan fingerprint density at radius 1 is 1.21 bits per heavy atom. The van der Waals surface area contributed by atoms with Gasteiger partial charge in [-0.05, 0) is 42.8 Å². The van der Waals surface area contributed by atoms with Crippen molar-refractivity contribution >= 4 is 5.91 Å². The van der Waals surface area contributed by atoms with Crippen LogP contribution in [0.3, 0.4) is 0 Å². The van der Waals surface area contributed by atoms with Crippen LogP contribution < -0.4 is 0 Å². The van der Waals surface area contributed by atoms with Crippen molar-refractivity contribution in [3.63, 3.8) is 0 Å². The van der Waals surface area contributed by atoms with Gasteiger partial charge in [0.05, 0.1) is 17.5 Å². The van der Waals surface area contributed by atoms with Crippen molar-refractivity contribution in [1.29, 1.82) is 0 Å². The summed E-state index contributed by atoms with van der Waals surface area (Å²) < 4.78 is 13.1. The minimum absolute atomic E-state index is 0.105. The Kier molecular flexibility index (Phi) is 4.37. The summed E-state index contributed by atoms with van der Waals surface area (Å²) in [7, 11) is 1.73. The Morgan fingerprint density at radius 3 is 2.67 bits per heavy atom. The predicted octanol–water partition coefficient (Wildman–Crippen LogP) is 3.19. The molecule has 0 aliphatic rings. The van der Waals surface area contributed by atoms with Crippen LogP contribution in [-0.2, 0) is 6.54 Å². The lowest BCUT2D eigenvalue weighted by atomic mass is 10.1. The van der Waals surface area contributed by atoms with Gasteiger partial charge in [-0.1, -0.05) is 0 Å². The van der Waals surface area contributed by atoms with Crippen LogP contribution in [0.2, 0.25) is 0 Å². The number of nitrogens with one attached hydrogen (secondary N) is 1. The maximum Gasteiger partial charge on any atom is 0.255 e. The zero-order valence-corrected chi connectivity index (χ0v) is 13.5. The molecule has 0 bridgehead atoms. The quantitative estimate of drug-likeness (QED) is 0.802. The van der Waals surface area contributed by atoms with Gasteiger partial charge in [0, 0.05) is 37.1 Å². The maximum absolute atomic E-state index is 13.1. The molecule has 0 aliphatic heterocycles. The fourth-order valence-electron chi connectivity index (χ4n) is 2.52. The molecule has 24 heavy (non-hydrogen) atoms. The SMILES string of the molecule is Cc1ccncc1C(=O)N(C)Cc1cn[nH]c1-c1ccc(F)cc1. The molecular weight excluding hydrogens is 307 g/mol. The summed E-state index contributed by atoms with van der Waals surface area (Å²) in [6.07, 6.45) is 4.91. The third kappa shape index (κ3) is 3.17. The minimum Gasteiger partial charge on any atom is -0.337 e. The first-order valence-electron chi connectivity index (χ1n) is 7.50. The van der Waals surface area contributed by atoms with Crippen molar-refractivity contribution in [1.82, 2.24) is 20.1 Å². The van der Waals surface area contributed by atoms with Crippen LogP contribution in [0.5, 0.6) is 0 Å². The van der Waals surface area contributed by atoms with E-state index in [1.807, 2.05) is 13.0 Å². The Hall–Kier alpha value is -3.02. The largest absolute Gasteiger partial charge is 0.337 e. The highest BCUT2D eigenvalue weighted by Crippen LogP contribution is 2.23. The molecule has 6 heteroatoms. The second-order valence-electron chi connectivity index (χ2n) is 5.63. The number of amides is 1.